The number of hydrazone groups is 1. The van der Waals surface area contributed by atoms with E-state index >= 15 is 0 Å². The molecular weight excluding hydrogens is 396 g/mol. The highest BCUT2D eigenvalue weighted by Gasteiger charge is 2.16. The van der Waals surface area contributed by atoms with Gasteiger partial charge in [-0.05, 0) is 19.1 Å². The largest absolute Gasteiger partial charge is 0.507 e. The first-order valence-electron chi connectivity index (χ1n) is 8.50. The van der Waals surface area contributed by atoms with Crippen LogP contribution in [-0.4, -0.2) is 36.3 Å². The summed E-state index contributed by atoms with van der Waals surface area (Å²) in [4.78, 5) is 51.3. The van der Waals surface area contributed by atoms with Crippen LogP contribution < -0.4 is 16.7 Å². The fourth-order valence-electron chi connectivity index (χ4n) is 2.80. The lowest BCUT2D eigenvalue weighted by Crippen LogP contribution is -2.37. The Bertz CT molecular complexity index is 1350. The number of aryl methyl sites for hydroxylation is 2. The van der Waals surface area contributed by atoms with Gasteiger partial charge in [0.05, 0.1) is 27.8 Å². The molecule has 154 valence electrons. The Labute approximate surface area is 167 Å². The Hall–Kier alpha value is -4.35. The van der Waals surface area contributed by atoms with Gasteiger partial charge in [0.1, 0.15) is 11.4 Å². The van der Waals surface area contributed by atoms with Crippen molar-refractivity contribution in [3.05, 3.63) is 72.0 Å². The lowest BCUT2D eigenvalue weighted by atomic mass is 10.1. The van der Waals surface area contributed by atoms with Gasteiger partial charge < -0.3 is 5.11 Å². The van der Waals surface area contributed by atoms with Gasteiger partial charge in [-0.15, -0.1) is 0 Å². The smallest absolute Gasteiger partial charge is 0.332 e. The molecule has 0 aliphatic heterocycles. The van der Waals surface area contributed by atoms with E-state index in [0.29, 0.717) is 0 Å². The lowest BCUT2D eigenvalue weighted by Gasteiger charge is -2.10. The number of hydrogen-bond acceptors (Lipinski definition) is 8. The summed E-state index contributed by atoms with van der Waals surface area (Å²) in [5.74, 6) is -0.953. The summed E-state index contributed by atoms with van der Waals surface area (Å²) < 4.78 is 2.11. The molecule has 3 aromatic rings. The quantitative estimate of drug-likeness (QED) is 0.354. The lowest BCUT2D eigenvalue weighted by molar-refractivity contribution is -0.384. The van der Waals surface area contributed by atoms with Gasteiger partial charge in [0.2, 0.25) is 0 Å². The average Bonchev–Trinajstić information content (AvgIpc) is 2.71. The number of rotatable bonds is 4. The topological polar surface area (TPSA) is 162 Å². The van der Waals surface area contributed by atoms with Crippen molar-refractivity contribution in [1.82, 2.24) is 19.5 Å². The van der Waals surface area contributed by atoms with Crippen LogP contribution in [0.3, 0.4) is 0 Å². The highest BCUT2D eigenvalue weighted by atomic mass is 16.6. The van der Waals surface area contributed by atoms with Crippen molar-refractivity contribution >= 4 is 28.8 Å². The number of nitro benzene ring substituents is 1. The summed E-state index contributed by atoms with van der Waals surface area (Å²) in [5, 5.41) is 24.4. The van der Waals surface area contributed by atoms with Crippen molar-refractivity contribution in [1.29, 1.82) is 0 Å². The molecule has 30 heavy (non-hydrogen) atoms. The minimum atomic E-state index is -0.695. The van der Waals surface area contributed by atoms with Crippen LogP contribution in [0.4, 0.5) is 5.69 Å². The summed E-state index contributed by atoms with van der Waals surface area (Å²) in [6, 6.07) is 4.68. The van der Waals surface area contributed by atoms with Gasteiger partial charge in [0, 0.05) is 31.8 Å². The summed E-state index contributed by atoms with van der Waals surface area (Å²) in [5.41, 5.74) is 1.31. The standard InChI is InChI=1S/C18H16N6O6/c1-9-12(7-13-15(20-9)22(2)18(28)23(3)17(13)27)16(26)21-19-8-10-6-11(24(29)30)4-5-14(10)25/h4-8,25H,1-3H3,(H,21,26). The van der Waals surface area contributed by atoms with Gasteiger partial charge in [-0.3, -0.25) is 28.8 Å². The fraction of sp³-hybridized carbons (Fsp3) is 0.167. The van der Waals surface area contributed by atoms with Crippen LogP contribution in [0.25, 0.3) is 11.0 Å². The minimum Gasteiger partial charge on any atom is -0.507 e. The third-order valence-corrected chi connectivity index (χ3v) is 4.46. The zero-order chi connectivity index (χ0) is 22.2. The number of pyridine rings is 1. The molecule has 2 heterocycles. The van der Waals surface area contributed by atoms with Crippen LogP contribution in [0.5, 0.6) is 5.75 Å². The van der Waals surface area contributed by atoms with Crippen molar-refractivity contribution < 1.29 is 14.8 Å². The van der Waals surface area contributed by atoms with E-state index in [0.717, 1.165) is 29.0 Å². The molecule has 3 rings (SSSR count). The van der Waals surface area contributed by atoms with Gasteiger partial charge in [0.15, 0.2) is 0 Å². The molecule has 0 aliphatic carbocycles. The normalized spacial score (nSPS) is 11.2. The first-order chi connectivity index (χ1) is 14.1. The van der Waals surface area contributed by atoms with Gasteiger partial charge in [-0.1, -0.05) is 0 Å². The number of carbonyl (C=O) groups is 1. The molecular formula is C18H16N6O6. The van der Waals surface area contributed by atoms with E-state index in [1.807, 2.05) is 0 Å². The molecule has 0 unspecified atom stereocenters. The van der Waals surface area contributed by atoms with E-state index in [9.17, 15) is 29.6 Å². The number of phenols is 1. The van der Waals surface area contributed by atoms with Gasteiger partial charge >= 0.3 is 5.69 Å². The monoisotopic (exact) mass is 412 g/mol. The number of hydrogen-bond donors (Lipinski definition) is 2. The molecule has 12 nitrogen and oxygen atoms in total. The Morgan fingerprint density at radius 3 is 2.63 bits per heavy atom. The van der Waals surface area contributed by atoms with Crippen LogP contribution in [-0.2, 0) is 14.1 Å². The maximum Gasteiger partial charge on any atom is 0.332 e. The third-order valence-electron chi connectivity index (χ3n) is 4.46. The molecule has 12 heteroatoms. The highest BCUT2D eigenvalue weighted by Crippen LogP contribution is 2.21. The zero-order valence-electron chi connectivity index (χ0n) is 16.1. The number of nitrogens with zero attached hydrogens (tertiary/aromatic N) is 5. The number of carbonyl (C=O) groups excluding carboxylic acids is 1. The second kappa shape index (κ2) is 7.58. The molecule has 0 fully saturated rings. The van der Waals surface area contributed by atoms with Crippen molar-refractivity contribution in [2.45, 2.75) is 6.92 Å². The van der Waals surface area contributed by atoms with Crippen molar-refractivity contribution in [3.63, 3.8) is 0 Å². The first kappa shape index (κ1) is 20.4. The first-order valence-corrected chi connectivity index (χ1v) is 8.50. The van der Waals surface area contributed by atoms with Crippen LogP contribution in [0, 0.1) is 17.0 Å². The van der Waals surface area contributed by atoms with Crippen molar-refractivity contribution in [2.75, 3.05) is 0 Å². The molecule has 0 bridgehead atoms. The molecule has 2 N–H and O–H groups in total. The third kappa shape index (κ3) is 3.53. The number of phenolic OH excluding ortho intramolecular Hbond substituents is 1. The molecule has 0 atom stereocenters. The Kier molecular flexibility index (Phi) is 5.15. The molecule has 0 saturated carbocycles. The number of fused-ring (bicyclic) bond motifs is 1. The zero-order valence-corrected chi connectivity index (χ0v) is 16.1. The SMILES string of the molecule is Cc1nc2c(cc1C(=O)NN=Cc1cc([N+](=O)[O-])ccc1O)c(=O)n(C)c(=O)n2C. The minimum absolute atomic E-state index is 0.0294. The van der Waals surface area contributed by atoms with Crippen molar-refractivity contribution in [3.8, 4) is 5.75 Å². The van der Waals surface area contributed by atoms with Crippen molar-refractivity contribution in [2.24, 2.45) is 19.2 Å². The summed E-state index contributed by atoms with van der Waals surface area (Å²) in [7, 11) is 2.78. The number of non-ortho nitro benzene ring substituents is 1. The molecule has 2 aromatic heterocycles. The van der Waals surface area contributed by atoms with Crippen LogP contribution in [0.15, 0.2) is 39.0 Å². The molecule has 0 saturated heterocycles. The van der Waals surface area contributed by atoms with E-state index in [1.54, 1.807) is 0 Å². The highest BCUT2D eigenvalue weighted by molar-refractivity contribution is 5.98. The molecule has 0 spiro atoms. The predicted octanol–water partition coefficient (Wildman–Crippen LogP) is 0.318. The molecule has 0 radical (unpaired) electrons. The summed E-state index contributed by atoms with van der Waals surface area (Å²) >= 11 is 0. The van der Waals surface area contributed by atoms with E-state index in [2.05, 4.69) is 15.5 Å². The number of nitro groups is 1. The number of aromatic nitrogens is 3. The molecule has 1 amide bonds. The number of nitrogens with one attached hydrogen (secondary N) is 1. The van der Waals surface area contributed by atoms with Gasteiger partial charge in [0.25, 0.3) is 17.2 Å². The predicted molar refractivity (Wildman–Crippen MR) is 107 cm³/mol. The number of aromatic hydroxyl groups is 1. The summed E-state index contributed by atoms with van der Waals surface area (Å²) in [6.45, 7) is 1.53. The fourth-order valence-corrected chi connectivity index (χ4v) is 2.80. The van der Waals surface area contributed by atoms with E-state index in [1.165, 1.54) is 31.7 Å². The second-order valence-electron chi connectivity index (χ2n) is 6.40. The average molecular weight is 412 g/mol. The number of amides is 1. The van der Waals surface area contributed by atoms with Gasteiger partial charge in [-0.2, -0.15) is 5.10 Å². The number of benzene rings is 1. The summed E-state index contributed by atoms with van der Waals surface area (Å²) in [6.07, 6.45) is 1.05. The Morgan fingerprint density at radius 2 is 1.97 bits per heavy atom. The second-order valence-corrected chi connectivity index (χ2v) is 6.40. The molecule has 1 aromatic carbocycles. The van der Waals surface area contributed by atoms with Crippen LogP contribution in [0.2, 0.25) is 0 Å². The van der Waals surface area contributed by atoms with Gasteiger partial charge in [-0.25, -0.2) is 15.2 Å². The van der Waals surface area contributed by atoms with Crippen LogP contribution in [0.1, 0.15) is 21.6 Å². The van der Waals surface area contributed by atoms with E-state index in [-0.39, 0.29) is 39.3 Å². The Balaban J connectivity index is 1.95. The molecule has 0 aliphatic rings. The van der Waals surface area contributed by atoms with E-state index < -0.39 is 22.1 Å². The maximum atomic E-state index is 12.5. The Morgan fingerprint density at radius 1 is 1.27 bits per heavy atom. The van der Waals surface area contributed by atoms with Crippen LogP contribution >= 0.6 is 0 Å². The van der Waals surface area contributed by atoms with E-state index in [4.69, 9.17) is 0 Å². The maximum absolute atomic E-state index is 12.5.